The summed E-state index contributed by atoms with van der Waals surface area (Å²) in [7, 11) is 1.94. The predicted octanol–water partition coefficient (Wildman–Crippen LogP) is 3.00. The standard InChI is InChI=1S/C20H26FN5O2.HI/c1-3-22-20(26-5-4-14(11-26)17-9-24-25(2)10-17)23-8-15-6-18(21)7-16-12-27-13-28-19(15)16;/h6-7,9-10,14H,3-5,8,11-13H2,1-2H3,(H,22,23);1H. The van der Waals surface area contributed by atoms with Crippen molar-refractivity contribution >= 4 is 29.9 Å². The van der Waals surface area contributed by atoms with Crippen LogP contribution < -0.4 is 10.1 Å². The fourth-order valence-electron chi connectivity index (χ4n) is 3.84. The Labute approximate surface area is 187 Å². The molecule has 4 rings (SSSR count). The molecule has 2 aromatic rings. The van der Waals surface area contributed by atoms with Gasteiger partial charge in [0.15, 0.2) is 12.8 Å². The average molecular weight is 515 g/mol. The third-order valence-electron chi connectivity index (χ3n) is 5.17. The predicted molar refractivity (Wildman–Crippen MR) is 119 cm³/mol. The third kappa shape index (κ3) is 5.00. The fourth-order valence-corrected chi connectivity index (χ4v) is 3.84. The first-order valence-electron chi connectivity index (χ1n) is 9.67. The maximum Gasteiger partial charge on any atom is 0.194 e. The first kappa shape index (κ1) is 21.8. The monoisotopic (exact) mass is 515 g/mol. The maximum absolute atomic E-state index is 14.0. The molecule has 3 heterocycles. The first-order chi connectivity index (χ1) is 13.6. The number of benzene rings is 1. The van der Waals surface area contributed by atoms with Crippen molar-refractivity contribution in [2.24, 2.45) is 12.0 Å². The molecule has 0 saturated carbocycles. The molecule has 0 amide bonds. The summed E-state index contributed by atoms with van der Waals surface area (Å²) in [6.45, 7) is 5.56. The minimum absolute atomic E-state index is 0. The minimum Gasteiger partial charge on any atom is -0.467 e. The van der Waals surface area contributed by atoms with E-state index in [9.17, 15) is 4.39 Å². The van der Waals surface area contributed by atoms with Crippen LogP contribution >= 0.6 is 24.0 Å². The Balaban J connectivity index is 0.00000240. The molecule has 29 heavy (non-hydrogen) atoms. The number of aromatic nitrogens is 2. The molecule has 9 heteroatoms. The van der Waals surface area contributed by atoms with Crippen molar-refractivity contribution in [1.82, 2.24) is 20.0 Å². The quantitative estimate of drug-likeness (QED) is 0.386. The highest BCUT2D eigenvalue weighted by atomic mass is 127. The van der Waals surface area contributed by atoms with Gasteiger partial charge in [0.05, 0.1) is 19.3 Å². The first-order valence-corrected chi connectivity index (χ1v) is 9.67. The topological polar surface area (TPSA) is 63.9 Å². The number of aryl methyl sites for hydroxylation is 1. The molecular formula is C20H27FIN5O2. The van der Waals surface area contributed by atoms with E-state index in [1.165, 1.54) is 17.7 Å². The molecule has 1 N–H and O–H groups in total. The lowest BCUT2D eigenvalue weighted by molar-refractivity contribution is -0.0172. The Morgan fingerprint density at radius 2 is 2.28 bits per heavy atom. The van der Waals surface area contributed by atoms with Crippen molar-refractivity contribution in [3.63, 3.8) is 0 Å². The summed E-state index contributed by atoms with van der Waals surface area (Å²) in [5.41, 5.74) is 2.74. The van der Waals surface area contributed by atoms with E-state index in [0.717, 1.165) is 43.1 Å². The average Bonchev–Trinajstić information content (AvgIpc) is 3.34. The molecule has 1 atom stereocenters. The highest BCUT2D eigenvalue weighted by Crippen LogP contribution is 2.30. The van der Waals surface area contributed by atoms with E-state index in [-0.39, 0.29) is 36.6 Å². The smallest absolute Gasteiger partial charge is 0.194 e. The van der Waals surface area contributed by atoms with Crippen molar-refractivity contribution in [1.29, 1.82) is 0 Å². The molecule has 0 spiro atoms. The summed E-state index contributed by atoms with van der Waals surface area (Å²) >= 11 is 0. The molecule has 0 bridgehead atoms. The van der Waals surface area contributed by atoms with Gasteiger partial charge in [-0.05, 0) is 31.0 Å². The van der Waals surface area contributed by atoms with E-state index in [2.05, 4.69) is 28.4 Å². The largest absolute Gasteiger partial charge is 0.467 e. The summed E-state index contributed by atoms with van der Waals surface area (Å²) in [6.07, 6.45) is 5.08. The van der Waals surface area contributed by atoms with Crippen LogP contribution in [0.15, 0.2) is 29.5 Å². The van der Waals surface area contributed by atoms with Gasteiger partial charge in [0.2, 0.25) is 0 Å². The van der Waals surface area contributed by atoms with Crippen LogP contribution in [0.2, 0.25) is 0 Å². The summed E-state index contributed by atoms with van der Waals surface area (Å²) < 4.78 is 26.7. The molecule has 0 radical (unpaired) electrons. The summed E-state index contributed by atoms with van der Waals surface area (Å²) in [4.78, 5) is 7.03. The number of aliphatic imine (C=N–C) groups is 1. The van der Waals surface area contributed by atoms with Crippen LogP contribution in [0.25, 0.3) is 0 Å². The minimum atomic E-state index is -0.291. The summed E-state index contributed by atoms with van der Waals surface area (Å²) in [6, 6.07) is 2.96. The Bertz CT molecular complexity index is 873. The number of halogens is 2. The molecule has 1 aromatic carbocycles. The van der Waals surface area contributed by atoms with Crippen molar-refractivity contribution in [3.05, 3.63) is 47.0 Å². The Morgan fingerprint density at radius 3 is 3.03 bits per heavy atom. The number of guanidine groups is 1. The van der Waals surface area contributed by atoms with E-state index in [4.69, 9.17) is 14.5 Å². The SMILES string of the molecule is CCNC(=NCc1cc(F)cc2c1OCOC2)N1CCC(c2cnn(C)c2)C1.I. The lowest BCUT2D eigenvalue weighted by Crippen LogP contribution is -2.40. The number of nitrogens with one attached hydrogen (secondary N) is 1. The van der Waals surface area contributed by atoms with E-state index in [1.54, 1.807) is 0 Å². The fraction of sp³-hybridized carbons (Fsp3) is 0.500. The van der Waals surface area contributed by atoms with E-state index in [1.807, 2.05) is 17.9 Å². The number of fused-ring (bicyclic) bond motifs is 1. The van der Waals surface area contributed by atoms with Crippen LogP contribution in [-0.2, 0) is 24.9 Å². The molecule has 1 aromatic heterocycles. The van der Waals surface area contributed by atoms with Gasteiger partial charge in [-0.25, -0.2) is 9.38 Å². The van der Waals surface area contributed by atoms with Crippen LogP contribution in [0, 0.1) is 5.82 Å². The highest BCUT2D eigenvalue weighted by Gasteiger charge is 2.27. The molecule has 1 fully saturated rings. The third-order valence-corrected chi connectivity index (χ3v) is 5.17. The number of nitrogens with zero attached hydrogens (tertiary/aromatic N) is 4. The van der Waals surface area contributed by atoms with Crippen LogP contribution in [0.4, 0.5) is 4.39 Å². The van der Waals surface area contributed by atoms with Crippen molar-refractivity contribution < 1.29 is 13.9 Å². The molecule has 2 aliphatic heterocycles. The lowest BCUT2D eigenvalue weighted by atomic mass is 10.0. The second kappa shape index (κ2) is 9.75. The maximum atomic E-state index is 14.0. The van der Waals surface area contributed by atoms with Gasteiger partial charge in [-0.15, -0.1) is 24.0 Å². The van der Waals surface area contributed by atoms with Gasteiger partial charge in [0, 0.05) is 49.9 Å². The van der Waals surface area contributed by atoms with Crippen molar-refractivity contribution in [3.8, 4) is 5.75 Å². The normalized spacial score (nSPS) is 18.8. The second-order valence-electron chi connectivity index (χ2n) is 7.21. The zero-order valence-corrected chi connectivity index (χ0v) is 19.1. The number of hydrogen-bond acceptors (Lipinski definition) is 4. The number of likely N-dealkylation sites (tertiary alicyclic amines) is 1. The summed E-state index contributed by atoms with van der Waals surface area (Å²) in [5, 5.41) is 7.65. The molecule has 1 unspecified atom stereocenters. The van der Waals surface area contributed by atoms with Crippen molar-refractivity contribution in [2.45, 2.75) is 32.4 Å². The van der Waals surface area contributed by atoms with Crippen LogP contribution in [-0.4, -0.2) is 47.1 Å². The zero-order chi connectivity index (χ0) is 19.5. The number of hydrogen-bond donors (Lipinski definition) is 1. The molecule has 7 nitrogen and oxygen atoms in total. The van der Waals surface area contributed by atoms with E-state index in [0.29, 0.717) is 24.8 Å². The van der Waals surface area contributed by atoms with Crippen molar-refractivity contribution in [2.75, 3.05) is 26.4 Å². The zero-order valence-electron chi connectivity index (χ0n) is 16.7. The Hall–Kier alpha value is -1.88. The van der Waals surface area contributed by atoms with Gasteiger partial charge in [-0.3, -0.25) is 4.68 Å². The second-order valence-corrected chi connectivity index (χ2v) is 7.21. The van der Waals surface area contributed by atoms with Crippen LogP contribution in [0.1, 0.15) is 36.0 Å². The van der Waals surface area contributed by atoms with Gasteiger partial charge in [-0.2, -0.15) is 5.10 Å². The van der Waals surface area contributed by atoms with Crippen LogP contribution in [0.3, 0.4) is 0 Å². The van der Waals surface area contributed by atoms with Gasteiger partial charge in [-0.1, -0.05) is 0 Å². The highest BCUT2D eigenvalue weighted by molar-refractivity contribution is 14.0. The number of ether oxygens (including phenoxy) is 2. The molecular weight excluding hydrogens is 488 g/mol. The molecule has 2 aliphatic rings. The van der Waals surface area contributed by atoms with E-state index < -0.39 is 0 Å². The van der Waals surface area contributed by atoms with Gasteiger partial charge in [0.25, 0.3) is 0 Å². The molecule has 0 aliphatic carbocycles. The molecule has 1 saturated heterocycles. The summed E-state index contributed by atoms with van der Waals surface area (Å²) in [5.74, 6) is 1.70. The lowest BCUT2D eigenvalue weighted by Gasteiger charge is -2.23. The van der Waals surface area contributed by atoms with Crippen LogP contribution in [0.5, 0.6) is 5.75 Å². The van der Waals surface area contributed by atoms with E-state index >= 15 is 0 Å². The Kier molecular flexibility index (Phi) is 7.33. The molecule has 158 valence electrons. The Morgan fingerprint density at radius 1 is 1.41 bits per heavy atom. The van der Waals surface area contributed by atoms with Gasteiger partial charge < -0.3 is 19.7 Å². The van der Waals surface area contributed by atoms with Gasteiger partial charge >= 0.3 is 0 Å². The number of rotatable bonds is 4. The van der Waals surface area contributed by atoms with Gasteiger partial charge in [0.1, 0.15) is 11.6 Å².